The summed E-state index contributed by atoms with van der Waals surface area (Å²) in [6, 6.07) is 11.8. The molecule has 8 nitrogen and oxygen atoms in total. The van der Waals surface area contributed by atoms with E-state index >= 15 is 0 Å². The highest BCUT2D eigenvalue weighted by molar-refractivity contribution is 5.74. The van der Waals surface area contributed by atoms with Crippen molar-refractivity contribution in [1.29, 1.82) is 5.26 Å². The number of aliphatic hydroxyl groups is 1. The molecule has 8 heteroatoms. The Balaban J connectivity index is 1.68. The maximum absolute atomic E-state index is 10.4. The second kappa shape index (κ2) is 7.61. The van der Waals surface area contributed by atoms with Gasteiger partial charge in [-0.25, -0.2) is 9.67 Å². The fourth-order valence-corrected chi connectivity index (χ4v) is 3.33. The van der Waals surface area contributed by atoms with Crippen molar-refractivity contribution >= 4 is 5.52 Å². The summed E-state index contributed by atoms with van der Waals surface area (Å²) in [4.78, 5) is 4.25. The Morgan fingerprint density at radius 2 is 2.10 bits per heavy atom. The molecule has 0 bridgehead atoms. The summed E-state index contributed by atoms with van der Waals surface area (Å²) in [6.07, 6.45) is 5.96. The average Bonchev–Trinajstić information content (AvgIpc) is 3.38. The number of nitrogens with zero attached hydrogens (tertiary/aromatic N) is 6. The number of fused-ring (bicyclic) bond motifs is 1. The van der Waals surface area contributed by atoms with Crippen LogP contribution in [0.2, 0.25) is 0 Å². The first-order chi connectivity index (χ1) is 14.4. The number of aromatic nitrogens is 5. The van der Waals surface area contributed by atoms with E-state index < -0.39 is 5.60 Å². The largest absolute Gasteiger partial charge is 0.481 e. The molecule has 0 saturated carbocycles. The molecule has 0 radical (unpaired) electrons. The molecular formula is C22H22N6O2. The van der Waals surface area contributed by atoms with Crippen LogP contribution in [-0.4, -0.2) is 36.6 Å². The van der Waals surface area contributed by atoms with Crippen LogP contribution in [0.1, 0.15) is 37.1 Å². The smallest absolute Gasteiger partial charge is 0.212 e. The zero-order chi connectivity index (χ0) is 21.3. The van der Waals surface area contributed by atoms with Crippen molar-refractivity contribution in [2.45, 2.75) is 32.4 Å². The van der Waals surface area contributed by atoms with Crippen molar-refractivity contribution < 1.29 is 9.84 Å². The van der Waals surface area contributed by atoms with E-state index in [4.69, 9.17) is 4.74 Å². The topological polar surface area (TPSA) is 101 Å². The van der Waals surface area contributed by atoms with Gasteiger partial charge in [0.1, 0.15) is 17.4 Å². The zero-order valence-electron chi connectivity index (χ0n) is 17.1. The highest BCUT2D eigenvalue weighted by atomic mass is 16.5. The van der Waals surface area contributed by atoms with Crippen molar-refractivity contribution in [3.8, 4) is 23.2 Å². The van der Waals surface area contributed by atoms with Crippen LogP contribution in [0.5, 0.6) is 5.88 Å². The third-order valence-electron chi connectivity index (χ3n) is 5.30. The summed E-state index contributed by atoms with van der Waals surface area (Å²) in [6.45, 7) is 4.14. The van der Waals surface area contributed by atoms with Gasteiger partial charge in [0.25, 0.3) is 0 Å². The fraction of sp³-hybridized carbons (Fsp3) is 0.273. The van der Waals surface area contributed by atoms with Gasteiger partial charge >= 0.3 is 0 Å². The maximum atomic E-state index is 10.4. The lowest BCUT2D eigenvalue weighted by Crippen LogP contribution is -2.20. The Morgan fingerprint density at radius 3 is 2.77 bits per heavy atom. The standard InChI is InChI=1S/C22H22N6O2/c1-4-22(2,29)19-14-27(26-25-19)13-15-7-8-28-18(9-15)10-17(11-23)21(28)16-5-6-20(30-3)24-12-16/h5-10,12,14,29H,4,13H2,1-3H3. The van der Waals surface area contributed by atoms with Gasteiger partial charge < -0.3 is 14.2 Å². The molecule has 1 atom stereocenters. The van der Waals surface area contributed by atoms with Crippen LogP contribution in [0.25, 0.3) is 16.8 Å². The van der Waals surface area contributed by atoms with Gasteiger partial charge in [0.15, 0.2) is 0 Å². The van der Waals surface area contributed by atoms with E-state index in [9.17, 15) is 10.4 Å². The first kappa shape index (κ1) is 19.6. The highest BCUT2D eigenvalue weighted by Gasteiger charge is 2.24. The number of methoxy groups -OCH3 is 1. The molecule has 0 aliphatic heterocycles. The molecule has 0 saturated heterocycles. The zero-order valence-corrected chi connectivity index (χ0v) is 17.1. The molecule has 30 heavy (non-hydrogen) atoms. The molecule has 0 spiro atoms. The van der Waals surface area contributed by atoms with Crippen LogP contribution < -0.4 is 4.74 Å². The van der Waals surface area contributed by atoms with Crippen molar-refractivity contribution in [1.82, 2.24) is 24.4 Å². The van der Waals surface area contributed by atoms with Gasteiger partial charge in [-0.3, -0.25) is 0 Å². The van der Waals surface area contributed by atoms with E-state index in [1.807, 2.05) is 41.8 Å². The lowest BCUT2D eigenvalue weighted by molar-refractivity contribution is 0.0484. The molecule has 4 aromatic heterocycles. The number of hydrogen-bond acceptors (Lipinski definition) is 6. The lowest BCUT2D eigenvalue weighted by atomic mass is 10.0. The lowest BCUT2D eigenvalue weighted by Gasteiger charge is -2.16. The van der Waals surface area contributed by atoms with E-state index in [0.717, 1.165) is 22.3 Å². The molecule has 0 amide bonds. The van der Waals surface area contributed by atoms with Crippen LogP contribution in [-0.2, 0) is 12.1 Å². The molecule has 152 valence electrons. The molecule has 1 unspecified atom stereocenters. The Kier molecular flexibility index (Phi) is 4.98. The molecule has 4 heterocycles. The molecule has 1 N–H and O–H groups in total. The van der Waals surface area contributed by atoms with E-state index in [0.29, 0.717) is 30.1 Å². The second-order valence-electron chi connectivity index (χ2n) is 7.37. The predicted octanol–water partition coefficient (Wildman–Crippen LogP) is 3.14. The van der Waals surface area contributed by atoms with E-state index in [-0.39, 0.29) is 0 Å². The van der Waals surface area contributed by atoms with E-state index in [2.05, 4.69) is 21.4 Å². The average molecular weight is 402 g/mol. The van der Waals surface area contributed by atoms with Crippen molar-refractivity contribution in [3.05, 3.63) is 65.7 Å². The SMILES string of the molecule is CCC(C)(O)c1cn(Cc2ccn3c(-c4ccc(OC)nc4)c(C#N)cc3c2)nn1. The Bertz CT molecular complexity index is 1230. The molecule has 0 aliphatic carbocycles. The Hall–Kier alpha value is -3.70. The van der Waals surface area contributed by atoms with Gasteiger partial charge in [0.05, 0.1) is 31.1 Å². The number of pyridine rings is 2. The molecule has 0 aromatic carbocycles. The first-order valence-corrected chi connectivity index (χ1v) is 9.62. The van der Waals surface area contributed by atoms with Gasteiger partial charge in [-0.1, -0.05) is 12.1 Å². The van der Waals surface area contributed by atoms with Crippen molar-refractivity contribution in [2.75, 3.05) is 7.11 Å². The number of rotatable bonds is 6. The van der Waals surface area contributed by atoms with Gasteiger partial charge in [0, 0.05) is 29.5 Å². The van der Waals surface area contributed by atoms with Gasteiger partial charge in [-0.15, -0.1) is 5.10 Å². The molecule has 0 aliphatic rings. The number of ether oxygens (including phenoxy) is 1. The van der Waals surface area contributed by atoms with Gasteiger partial charge in [-0.2, -0.15) is 5.26 Å². The highest BCUT2D eigenvalue weighted by Crippen LogP contribution is 2.28. The fourth-order valence-electron chi connectivity index (χ4n) is 3.33. The van der Waals surface area contributed by atoms with Crippen LogP contribution in [0.3, 0.4) is 0 Å². The third kappa shape index (κ3) is 3.51. The normalized spacial score (nSPS) is 13.2. The minimum Gasteiger partial charge on any atom is -0.481 e. The minimum absolute atomic E-state index is 0.510. The summed E-state index contributed by atoms with van der Waals surface area (Å²) >= 11 is 0. The second-order valence-corrected chi connectivity index (χ2v) is 7.37. The van der Waals surface area contributed by atoms with Gasteiger partial charge in [0.2, 0.25) is 5.88 Å². The van der Waals surface area contributed by atoms with Gasteiger partial charge in [-0.05, 0) is 43.2 Å². The predicted molar refractivity (Wildman–Crippen MR) is 111 cm³/mol. The summed E-state index contributed by atoms with van der Waals surface area (Å²) in [5.41, 5.74) is 3.66. The quantitative estimate of drug-likeness (QED) is 0.532. The molecule has 4 aromatic rings. The summed E-state index contributed by atoms with van der Waals surface area (Å²) in [5.74, 6) is 0.523. The maximum Gasteiger partial charge on any atom is 0.212 e. The summed E-state index contributed by atoms with van der Waals surface area (Å²) in [7, 11) is 1.57. The first-order valence-electron chi connectivity index (χ1n) is 9.62. The third-order valence-corrected chi connectivity index (χ3v) is 5.30. The monoisotopic (exact) mass is 402 g/mol. The van der Waals surface area contributed by atoms with Crippen LogP contribution >= 0.6 is 0 Å². The van der Waals surface area contributed by atoms with Crippen LogP contribution in [0, 0.1) is 11.3 Å². The van der Waals surface area contributed by atoms with Crippen LogP contribution in [0.4, 0.5) is 0 Å². The number of nitriles is 1. The molecule has 4 rings (SSSR count). The van der Waals surface area contributed by atoms with Crippen molar-refractivity contribution in [2.24, 2.45) is 0 Å². The van der Waals surface area contributed by atoms with E-state index in [1.165, 1.54) is 0 Å². The van der Waals surface area contributed by atoms with Crippen LogP contribution in [0.15, 0.2) is 48.9 Å². The molecular weight excluding hydrogens is 380 g/mol. The minimum atomic E-state index is -0.993. The van der Waals surface area contributed by atoms with Crippen molar-refractivity contribution in [3.63, 3.8) is 0 Å². The van der Waals surface area contributed by atoms with E-state index in [1.54, 1.807) is 37.2 Å². The summed E-state index contributed by atoms with van der Waals surface area (Å²) < 4.78 is 8.80. The number of hydrogen-bond donors (Lipinski definition) is 1. The summed E-state index contributed by atoms with van der Waals surface area (Å²) in [5, 5.41) is 28.2. The Morgan fingerprint density at radius 1 is 1.27 bits per heavy atom. The Labute approximate surface area is 174 Å². The molecule has 0 fully saturated rings.